The van der Waals surface area contributed by atoms with Gasteiger partial charge < -0.3 is 57.9 Å². The number of likely N-dealkylation sites (tertiary alicyclic amines) is 1. The highest BCUT2D eigenvalue weighted by Crippen LogP contribution is 2.25. The Balaban J connectivity index is 3.15. The van der Waals surface area contributed by atoms with E-state index in [1.54, 1.807) is 37.6 Å². The number of hydrogen-bond acceptors (Lipinski definition) is 13. The minimum atomic E-state index is -1.72. The van der Waals surface area contributed by atoms with Crippen LogP contribution in [-0.2, 0) is 52.7 Å². The van der Waals surface area contributed by atoms with Crippen LogP contribution in [0.3, 0.4) is 0 Å². The minimum absolute atomic E-state index is 0.00990. The predicted molar refractivity (Wildman–Crippen MR) is 328 cm³/mol. The van der Waals surface area contributed by atoms with Crippen molar-refractivity contribution in [2.24, 2.45) is 17.8 Å². The fourth-order valence-corrected chi connectivity index (χ4v) is 9.63. The molecule has 484 valence electrons. The van der Waals surface area contributed by atoms with Gasteiger partial charge in [-0.3, -0.25) is 57.6 Å². The lowest BCUT2D eigenvalue weighted by Crippen LogP contribution is -2.65. The largest absolute Gasteiger partial charge is 0.395 e. The first-order valence-electron chi connectivity index (χ1n) is 30.6. The number of nitrogens with one attached hydrogen (secondary N) is 9. The lowest BCUT2D eigenvalue weighted by Gasteiger charge is -2.33. The molecule has 1 saturated heterocycles. The average molecular weight is 1200 g/mol. The topological polar surface area (TPSA) is 323 Å². The Morgan fingerprint density at radius 3 is 1.65 bits per heavy atom. The standard InChI is InChI=1S/C62H109N11O12/c1-20-23-24-25-26-27-29-41(7)54(81)73-31-28-30-47(73)52(79)66-46(36-39(5)34-38(4)35-45(75)22-3)51(78)64-43(9)49(76)68-62(17,18)58(85)71-60(13,14)56(83)67-48(40(6)21-2)53(80)65-44(10)50(77)69-61(15,16)57(84)70-59(11,12)55(82)63-42(8)37-72(19)32-33-74/h38-39,41,43-44,46-47,74H,8,20-37H2,1-7,9-19H3,(H,63,82)(H,64,78)(H,65,80)(H,66,79)(H,67,83)(H,68,76)(H,69,77)(H,70,84)(H,71,85)/b48-40+/t38-,39+,41+,43-,44-,46?,47-/m0/s1. The third kappa shape index (κ3) is 26.1. The average Bonchev–Trinajstić information content (AvgIpc) is 4.17. The maximum atomic E-state index is 14.2. The highest BCUT2D eigenvalue weighted by atomic mass is 16.3. The van der Waals surface area contributed by atoms with Gasteiger partial charge in [-0.15, -0.1) is 0 Å². The SMILES string of the molecule is C=C(CN(C)CCO)NC(=O)C(C)(C)NC(=O)C(C)(C)NC(=O)[C@H](C)NC(=O)/C(NC(=O)C(C)(C)NC(=O)C(C)(C)NC(=O)[C@H](C)NC(=O)C(C[C@H](C)C[C@H](C)CC(=O)CC)NC(=O)[C@@H]1CCCN1C(=O)[C@H](C)CCCCCCCC)=C(/C)CC. The fraction of sp³-hybridized carbons (Fsp3) is 0.758. The molecule has 1 fully saturated rings. The lowest BCUT2D eigenvalue weighted by molar-refractivity contribution is -0.142. The summed E-state index contributed by atoms with van der Waals surface area (Å²) in [5.41, 5.74) is -5.91. The van der Waals surface area contributed by atoms with Crippen molar-refractivity contribution in [3.63, 3.8) is 0 Å². The summed E-state index contributed by atoms with van der Waals surface area (Å²) in [5, 5.41) is 33.1. The zero-order valence-corrected chi connectivity index (χ0v) is 54.8. The molecule has 1 unspecified atom stereocenters. The Morgan fingerprint density at radius 1 is 0.624 bits per heavy atom. The van der Waals surface area contributed by atoms with E-state index in [0.29, 0.717) is 69.3 Å². The zero-order valence-electron chi connectivity index (χ0n) is 54.8. The maximum Gasteiger partial charge on any atom is 0.268 e. The van der Waals surface area contributed by atoms with Gasteiger partial charge in [0.15, 0.2) is 0 Å². The minimum Gasteiger partial charge on any atom is -0.395 e. The van der Waals surface area contributed by atoms with Gasteiger partial charge in [0.25, 0.3) is 5.91 Å². The van der Waals surface area contributed by atoms with Crippen LogP contribution in [0.2, 0.25) is 0 Å². The molecule has 7 atom stereocenters. The van der Waals surface area contributed by atoms with Gasteiger partial charge in [-0.25, -0.2) is 0 Å². The molecule has 23 nitrogen and oxygen atoms in total. The summed E-state index contributed by atoms with van der Waals surface area (Å²) in [5.74, 6) is -6.80. The van der Waals surface area contributed by atoms with Crippen LogP contribution in [0.15, 0.2) is 23.5 Å². The Labute approximate surface area is 507 Å². The van der Waals surface area contributed by atoms with Crippen molar-refractivity contribution in [3.05, 3.63) is 23.5 Å². The van der Waals surface area contributed by atoms with Gasteiger partial charge in [-0.1, -0.05) is 86.6 Å². The second-order valence-electron chi connectivity index (χ2n) is 25.8. The zero-order chi connectivity index (χ0) is 65.4. The number of likely N-dealkylation sites (N-methyl/N-ethyl adjacent to an activating group) is 1. The van der Waals surface area contributed by atoms with Crippen LogP contribution >= 0.6 is 0 Å². The molecule has 1 rings (SSSR count). The molecule has 0 aromatic rings. The molecule has 23 heteroatoms. The highest BCUT2D eigenvalue weighted by Gasteiger charge is 2.42. The van der Waals surface area contributed by atoms with E-state index >= 15 is 0 Å². The van der Waals surface area contributed by atoms with Crippen LogP contribution in [0.25, 0.3) is 0 Å². The van der Waals surface area contributed by atoms with Gasteiger partial charge in [0.05, 0.1) is 6.61 Å². The normalized spacial score (nSPS) is 16.2. The number of unbranched alkanes of at least 4 members (excludes halogenated alkanes) is 5. The number of Topliss-reactive ketones (excluding diaryl/α,β-unsaturated/α-hetero) is 1. The molecule has 10 amide bonds. The van der Waals surface area contributed by atoms with Crippen LogP contribution in [0.1, 0.15) is 208 Å². The van der Waals surface area contributed by atoms with Crippen molar-refractivity contribution in [2.45, 2.75) is 254 Å². The number of nitrogens with zero attached hydrogens (tertiary/aromatic N) is 2. The fourth-order valence-electron chi connectivity index (χ4n) is 9.63. The molecule has 0 bridgehead atoms. The second kappa shape index (κ2) is 35.4. The van der Waals surface area contributed by atoms with Crippen LogP contribution in [-0.4, -0.2) is 159 Å². The van der Waals surface area contributed by atoms with Crippen LogP contribution in [0.4, 0.5) is 0 Å². The summed E-state index contributed by atoms with van der Waals surface area (Å²) in [6.45, 7) is 32.0. The summed E-state index contributed by atoms with van der Waals surface area (Å²) < 4.78 is 0. The van der Waals surface area contributed by atoms with E-state index in [-0.39, 0.29) is 54.7 Å². The monoisotopic (exact) mass is 1200 g/mol. The smallest absolute Gasteiger partial charge is 0.268 e. The first kappa shape index (κ1) is 76.8. The molecule has 0 radical (unpaired) electrons. The molecular weight excluding hydrogens is 1090 g/mol. The molecule has 0 aromatic heterocycles. The van der Waals surface area contributed by atoms with Gasteiger partial charge in [0.1, 0.15) is 57.8 Å². The van der Waals surface area contributed by atoms with E-state index in [4.69, 9.17) is 0 Å². The summed E-state index contributed by atoms with van der Waals surface area (Å²) in [6, 6.07) is -4.38. The summed E-state index contributed by atoms with van der Waals surface area (Å²) in [6.07, 6.45) is 10.2. The molecular formula is C62H109N11O12. The number of aliphatic hydroxyl groups is 1. The Bertz CT molecular complexity index is 2380. The van der Waals surface area contributed by atoms with E-state index in [9.17, 15) is 57.8 Å². The second-order valence-corrected chi connectivity index (χ2v) is 25.8. The predicted octanol–water partition coefficient (Wildman–Crippen LogP) is 4.21. The number of rotatable bonds is 38. The van der Waals surface area contributed by atoms with E-state index < -0.39 is 99.5 Å². The van der Waals surface area contributed by atoms with Gasteiger partial charge >= 0.3 is 0 Å². The first-order chi connectivity index (χ1) is 39.3. The third-order valence-corrected chi connectivity index (χ3v) is 15.4. The summed E-state index contributed by atoms with van der Waals surface area (Å²) >= 11 is 0. The van der Waals surface area contributed by atoms with Gasteiger partial charge in [-0.05, 0) is 139 Å². The number of aliphatic hydroxyl groups excluding tert-OH is 1. The molecule has 85 heavy (non-hydrogen) atoms. The van der Waals surface area contributed by atoms with E-state index in [1.165, 1.54) is 75.7 Å². The van der Waals surface area contributed by atoms with Gasteiger partial charge in [0, 0.05) is 44.1 Å². The van der Waals surface area contributed by atoms with Gasteiger partial charge in [-0.2, -0.15) is 0 Å². The number of carbonyl (C=O) groups excluding carboxylic acids is 11. The Morgan fingerprint density at radius 2 is 1.13 bits per heavy atom. The molecule has 0 spiro atoms. The van der Waals surface area contributed by atoms with E-state index in [1.807, 2.05) is 20.8 Å². The highest BCUT2D eigenvalue weighted by molar-refractivity contribution is 6.04. The van der Waals surface area contributed by atoms with E-state index in [2.05, 4.69) is 61.4 Å². The molecule has 1 aliphatic rings. The third-order valence-electron chi connectivity index (χ3n) is 15.4. The molecule has 0 aliphatic carbocycles. The quantitative estimate of drug-likeness (QED) is 0.0306. The Hall–Kier alpha value is -6.23. The van der Waals surface area contributed by atoms with Crippen LogP contribution in [0, 0.1) is 17.8 Å². The van der Waals surface area contributed by atoms with Crippen molar-refractivity contribution in [2.75, 3.05) is 33.3 Å². The van der Waals surface area contributed by atoms with E-state index in [0.717, 1.165) is 32.1 Å². The number of carbonyl (C=O) groups is 11. The van der Waals surface area contributed by atoms with Crippen molar-refractivity contribution >= 4 is 64.9 Å². The van der Waals surface area contributed by atoms with Crippen molar-refractivity contribution < 1.29 is 57.8 Å². The molecule has 0 aromatic carbocycles. The number of allylic oxidation sites excluding steroid dienone is 1. The summed E-state index contributed by atoms with van der Waals surface area (Å²) in [7, 11) is 1.74. The Kier molecular flexibility index (Phi) is 32.0. The van der Waals surface area contributed by atoms with Crippen molar-refractivity contribution in [3.8, 4) is 0 Å². The van der Waals surface area contributed by atoms with Crippen LogP contribution in [0.5, 0.6) is 0 Å². The molecule has 0 saturated carbocycles. The van der Waals surface area contributed by atoms with Crippen molar-refractivity contribution in [1.29, 1.82) is 0 Å². The molecule has 1 aliphatic heterocycles. The van der Waals surface area contributed by atoms with Crippen LogP contribution < -0.4 is 47.9 Å². The molecule has 10 N–H and O–H groups in total. The maximum absolute atomic E-state index is 14.2. The number of ketones is 1. The van der Waals surface area contributed by atoms with Crippen molar-refractivity contribution in [1.82, 2.24) is 57.7 Å². The summed E-state index contributed by atoms with van der Waals surface area (Å²) in [4.78, 5) is 153. The number of amides is 10. The first-order valence-corrected chi connectivity index (χ1v) is 30.6. The van der Waals surface area contributed by atoms with Gasteiger partial charge in [0.2, 0.25) is 53.2 Å². The lowest BCUT2D eigenvalue weighted by atomic mass is 9.88. The molecule has 1 heterocycles. The number of hydrogen-bond donors (Lipinski definition) is 10.